The van der Waals surface area contributed by atoms with Crippen LogP contribution in [0, 0.1) is 10.1 Å². The number of halogens is 1. The highest BCUT2D eigenvalue weighted by Crippen LogP contribution is 2.45. The van der Waals surface area contributed by atoms with E-state index in [-0.39, 0.29) is 10.6 Å². The second kappa shape index (κ2) is 6.27. The molecule has 2 fully saturated rings. The third-order valence-electron chi connectivity index (χ3n) is 5.89. The molecule has 1 aromatic carbocycles. The summed E-state index contributed by atoms with van der Waals surface area (Å²) < 4.78 is 6.53. The molecule has 25 heavy (non-hydrogen) atoms. The van der Waals surface area contributed by atoms with Crippen LogP contribution in [-0.4, -0.2) is 43.9 Å². The van der Waals surface area contributed by atoms with Crippen molar-refractivity contribution in [2.45, 2.75) is 31.4 Å². The zero-order valence-electron chi connectivity index (χ0n) is 14.4. The first kappa shape index (κ1) is 16.8. The topological polar surface area (TPSA) is 61.2 Å². The SMILES string of the molecule is C[NH+]1CC[NH+]([C@]23CCCCC2=Cc2cc(Cl)cc([N+](=O)[O-])c2O3)CC1. The minimum absolute atomic E-state index is 0.0260. The zero-order valence-corrected chi connectivity index (χ0v) is 15.2. The number of nitrogens with one attached hydrogen (secondary N) is 2. The Hall–Kier alpha value is -1.63. The van der Waals surface area contributed by atoms with Gasteiger partial charge in [0.15, 0.2) is 0 Å². The predicted molar refractivity (Wildman–Crippen MR) is 95.2 cm³/mol. The number of likely N-dealkylation sites (N-methyl/N-ethyl adjacent to an activating group) is 1. The molecule has 6 nitrogen and oxygen atoms in total. The third-order valence-corrected chi connectivity index (χ3v) is 6.11. The molecular formula is C18H24ClN3O3+2. The summed E-state index contributed by atoms with van der Waals surface area (Å²) in [4.78, 5) is 14.1. The smallest absolute Gasteiger partial charge is 0.313 e. The van der Waals surface area contributed by atoms with E-state index in [1.54, 1.807) is 6.07 Å². The Labute approximate surface area is 152 Å². The molecule has 1 aliphatic carbocycles. The van der Waals surface area contributed by atoms with Gasteiger partial charge >= 0.3 is 5.69 Å². The number of nitro groups is 1. The average Bonchev–Trinajstić information content (AvgIpc) is 2.59. The largest absolute Gasteiger partial charge is 0.429 e. The summed E-state index contributed by atoms with van der Waals surface area (Å²) in [5, 5.41) is 11.9. The summed E-state index contributed by atoms with van der Waals surface area (Å²) in [6, 6.07) is 3.18. The first-order chi connectivity index (χ1) is 12.0. The summed E-state index contributed by atoms with van der Waals surface area (Å²) in [6.07, 6.45) is 6.26. The van der Waals surface area contributed by atoms with E-state index < -0.39 is 5.72 Å². The van der Waals surface area contributed by atoms with Crippen LogP contribution in [-0.2, 0) is 0 Å². The Morgan fingerprint density at radius 3 is 2.72 bits per heavy atom. The Balaban J connectivity index is 1.80. The Morgan fingerprint density at radius 1 is 1.24 bits per heavy atom. The number of rotatable bonds is 2. The van der Waals surface area contributed by atoms with Crippen LogP contribution in [0.5, 0.6) is 5.75 Å². The molecule has 2 heterocycles. The molecule has 7 heteroatoms. The first-order valence-electron chi connectivity index (χ1n) is 9.04. The molecule has 1 saturated heterocycles. The molecule has 0 bridgehead atoms. The van der Waals surface area contributed by atoms with Crippen molar-refractivity contribution in [1.82, 2.24) is 0 Å². The Bertz CT molecular complexity index is 743. The van der Waals surface area contributed by atoms with E-state index in [0.717, 1.165) is 57.4 Å². The second-order valence-electron chi connectivity index (χ2n) is 7.47. The molecular weight excluding hydrogens is 342 g/mol. The molecule has 0 spiro atoms. The molecule has 3 aliphatic rings. The highest BCUT2D eigenvalue weighted by molar-refractivity contribution is 6.31. The van der Waals surface area contributed by atoms with Gasteiger partial charge < -0.3 is 9.64 Å². The van der Waals surface area contributed by atoms with Crippen molar-refractivity contribution in [3.63, 3.8) is 0 Å². The van der Waals surface area contributed by atoms with Crippen molar-refractivity contribution in [2.24, 2.45) is 0 Å². The van der Waals surface area contributed by atoms with Crippen LogP contribution in [0.25, 0.3) is 6.08 Å². The minimum atomic E-state index is -0.440. The number of nitro benzene ring substituents is 1. The summed E-state index contributed by atoms with van der Waals surface area (Å²) in [6.45, 7) is 4.26. The summed E-state index contributed by atoms with van der Waals surface area (Å²) >= 11 is 6.10. The van der Waals surface area contributed by atoms with Gasteiger partial charge in [0.1, 0.15) is 26.2 Å². The van der Waals surface area contributed by atoms with Crippen LogP contribution in [0.1, 0.15) is 31.2 Å². The minimum Gasteiger partial charge on any atom is -0.429 e. The van der Waals surface area contributed by atoms with E-state index in [1.165, 1.54) is 21.4 Å². The number of benzene rings is 1. The van der Waals surface area contributed by atoms with Crippen LogP contribution < -0.4 is 14.5 Å². The van der Waals surface area contributed by atoms with Crippen molar-refractivity contribution in [3.05, 3.63) is 38.4 Å². The van der Waals surface area contributed by atoms with Gasteiger partial charge in [0.2, 0.25) is 5.75 Å². The van der Waals surface area contributed by atoms with Gasteiger partial charge in [0, 0.05) is 28.6 Å². The lowest BCUT2D eigenvalue weighted by Crippen LogP contribution is -3.31. The third kappa shape index (κ3) is 2.82. The number of fused-ring (bicyclic) bond motifs is 2. The van der Waals surface area contributed by atoms with Crippen molar-refractivity contribution in [1.29, 1.82) is 0 Å². The average molecular weight is 366 g/mol. The van der Waals surface area contributed by atoms with E-state index in [4.69, 9.17) is 16.3 Å². The van der Waals surface area contributed by atoms with Gasteiger partial charge in [0.25, 0.3) is 5.72 Å². The van der Waals surface area contributed by atoms with E-state index in [1.807, 2.05) is 0 Å². The molecule has 0 unspecified atom stereocenters. The van der Waals surface area contributed by atoms with Crippen molar-refractivity contribution < 1.29 is 19.5 Å². The maximum absolute atomic E-state index is 11.5. The van der Waals surface area contributed by atoms with E-state index >= 15 is 0 Å². The molecule has 0 radical (unpaired) electrons. The standard InChI is InChI=1S/C18H22ClN3O3/c1-20-6-8-21(9-7-20)18-5-3-2-4-14(18)10-13-11-15(19)12-16(22(23)24)17(13)25-18/h10-12H,2-9H2,1H3/p+2/t18-/m0/s1. The Kier molecular flexibility index (Phi) is 4.22. The predicted octanol–water partition coefficient (Wildman–Crippen LogP) is 0.708. The van der Waals surface area contributed by atoms with Gasteiger partial charge in [-0.2, -0.15) is 0 Å². The van der Waals surface area contributed by atoms with Crippen LogP contribution in [0.2, 0.25) is 5.02 Å². The zero-order chi connectivity index (χ0) is 17.6. The second-order valence-corrected chi connectivity index (χ2v) is 7.90. The van der Waals surface area contributed by atoms with E-state index in [2.05, 4.69) is 13.1 Å². The van der Waals surface area contributed by atoms with Gasteiger partial charge in [-0.15, -0.1) is 0 Å². The molecule has 0 amide bonds. The van der Waals surface area contributed by atoms with Crippen molar-refractivity contribution in [2.75, 3.05) is 33.2 Å². The molecule has 1 aromatic rings. The van der Waals surface area contributed by atoms with Gasteiger partial charge in [-0.3, -0.25) is 15.0 Å². The number of nitrogens with zero attached hydrogens (tertiary/aromatic N) is 1. The molecule has 4 rings (SSSR count). The number of piperazine rings is 1. The molecule has 2 aliphatic heterocycles. The summed E-state index contributed by atoms with van der Waals surface area (Å²) in [5.74, 6) is 0.388. The van der Waals surface area contributed by atoms with E-state index in [9.17, 15) is 10.1 Å². The lowest BCUT2D eigenvalue weighted by atomic mass is 9.81. The number of hydrogen-bond donors (Lipinski definition) is 2. The number of quaternary nitrogens is 2. The van der Waals surface area contributed by atoms with Crippen LogP contribution in [0.3, 0.4) is 0 Å². The van der Waals surface area contributed by atoms with Crippen LogP contribution >= 0.6 is 11.6 Å². The lowest BCUT2D eigenvalue weighted by Gasteiger charge is -2.47. The van der Waals surface area contributed by atoms with Gasteiger partial charge in [-0.1, -0.05) is 11.6 Å². The van der Waals surface area contributed by atoms with Gasteiger partial charge in [0.05, 0.1) is 12.0 Å². The van der Waals surface area contributed by atoms with Crippen LogP contribution in [0.4, 0.5) is 5.69 Å². The van der Waals surface area contributed by atoms with Crippen LogP contribution in [0.15, 0.2) is 17.7 Å². The van der Waals surface area contributed by atoms with Crippen molar-refractivity contribution in [3.8, 4) is 5.75 Å². The Morgan fingerprint density at radius 2 is 2.00 bits per heavy atom. The number of ether oxygens (including phenoxy) is 1. The highest BCUT2D eigenvalue weighted by atomic mass is 35.5. The van der Waals surface area contributed by atoms with Crippen molar-refractivity contribution >= 4 is 23.4 Å². The maximum atomic E-state index is 11.5. The fourth-order valence-electron chi connectivity index (χ4n) is 4.53. The van der Waals surface area contributed by atoms with Gasteiger partial charge in [-0.25, -0.2) is 0 Å². The molecule has 0 aromatic heterocycles. The molecule has 1 saturated carbocycles. The van der Waals surface area contributed by atoms with E-state index in [0.29, 0.717) is 10.8 Å². The molecule has 2 N–H and O–H groups in total. The summed E-state index contributed by atoms with van der Waals surface area (Å²) in [5.41, 5.74) is 1.55. The monoisotopic (exact) mass is 365 g/mol. The fraction of sp³-hybridized carbons (Fsp3) is 0.556. The lowest BCUT2D eigenvalue weighted by molar-refractivity contribution is -1.04. The molecule has 134 valence electrons. The number of hydrogen-bond acceptors (Lipinski definition) is 3. The normalized spacial score (nSPS) is 31.4. The molecule has 1 atom stereocenters. The summed E-state index contributed by atoms with van der Waals surface area (Å²) in [7, 11) is 2.22. The highest BCUT2D eigenvalue weighted by Gasteiger charge is 2.52. The first-order valence-corrected chi connectivity index (χ1v) is 9.42. The maximum Gasteiger partial charge on any atom is 0.313 e. The fourth-order valence-corrected chi connectivity index (χ4v) is 4.75. The van der Waals surface area contributed by atoms with Gasteiger partial charge in [-0.05, 0) is 31.4 Å². The quantitative estimate of drug-likeness (QED) is 0.599.